The molecule has 1 heterocycles. The predicted octanol–water partition coefficient (Wildman–Crippen LogP) is 1.17. The highest BCUT2D eigenvalue weighted by atomic mass is 32.2. The fourth-order valence-corrected chi connectivity index (χ4v) is 3.25. The fraction of sp³-hybridized carbons (Fsp3) is 1.00. The van der Waals surface area contributed by atoms with Crippen LogP contribution in [0.25, 0.3) is 0 Å². The summed E-state index contributed by atoms with van der Waals surface area (Å²) in [7, 11) is 0. The number of hydrogen-bond donors (Lipinski definition) is 2. The van der Waals surface area contributed by atoms with Gasteiger partial charge in [-0.2, -0.15) is 11.8 Å². The maximum absolute atomic E-state index is 9.89. The van der Waals surface area contributed by atoms with Gasteiger partial charge >= 0.3 is 0 Å². The third-order valence-electron chi connectivity index (χ3n) is 2.78. The van der Waals surface area contributed by atoms with Gasteiger partial charge in [-0.05, 0) is 26.8 Å². The van der Waals surface area contributed by atoms with Gasteiger partial charge in [0.15, 0.2) is 0 Å². The van der Waals surface area contributed by atoms with Crippen LogP contribution in [-0.4, -0.2) is 59.3 Å². The van der Waals surface area contributed by atoms with Gasteiger partial charge in [0.2, 0.25) is 0 Å². The number of aliphatic hydroxyl groups is 1. The van der Waals surface area contributed by atoms with E-state index in [4.69, 9.17) is 0 Å². The highest BCUT2D eigenvalue weighted by Crippen LogP contribution is 2.29. The molecule has 0 bridgehead atoms. The Morgan fingerprint density at radius 3 is 2.88 bits per heavy atom. The van der Waals surface area contributed by atoms with E-state index in [0.29, 0.717) is 4.75 Å². The number of hydrogen-bond acceptors (Lipinski definition) is 4. The Kier molecular flexibility index (Phi) is 6.11. The van der Waals surface area contributed by atoms with Crippen molar-refractivity contribution in [2.24, 2.45) is 0 Å². The van der Waals surface area contributed by atoms with Gasteiger partial charge in [0.05, 0.1) is 6.10 Å². The lowest BCUT2D eigenvalue weighted by Gasteiger charge is -2.38. The Labute approximate surface area is 104 Å². The van der Waals surface area contributed by atoms with Crippen LogP contribution in [0.1, 0.15) is 27.2 Å². The van der Waals surface area contributed by atoms with Crippen LogP contribution in [0.3, 0.4) is 0 Å². The van der Waals surface area contributed by atoms with Crippen molar-refractivity contribution in [3.05, 3.63) is 0 Å². The number of thioether (sulfide) groups is 1. The van der Waals surface area contributed by atoms with Crippen molar-refractivity contribution < 1.29 is 5.11 Å². The highest BCUT2D eigenvalue weighted by molar-refractivity contribution is 8.00. The summed E-state index contributed by atoms with van der Waals surface area (Å²) in [5, 5.41) is 13.2. The molecule has 1 aliphatic heterocycles. The average Bonchev–Trinajstić information content (AvgIpc) is 2.16. The Morgan fingerprint density at radius 1 is 1.50 bits per heavy atom. The molecule has 1 aliphatic rings. The van der Waals surface area contributed by atoms with Crippen molar-refractivity contribution in [3.63, 3.8) is 0 Å². The van der Waals surface area contributed by atoms with E-state index in [2.05, 4.69) is 31.0 Å². The van der Waals surface area contributed by atoms with Crippen molar-refractivity contribution in [2.45, 2.75) is 38.0 Å². The first-order valence-corrected chi connectivity index (χ1v) is 7.27. The SMILES string of the molecule is CCCNCC(O)CN1CCSC(C)(C)C1. The van der Waals surface area contributed by atoms with E-state index in [1.807, 2.05) is 11.8 Å². The first-order chi connectivity index (χ1) is 7.53. The zero-order valence-electron chi connectivity index (χ0n) is 10.8. The molecule has 16 heavy (non-hydrogen) atoms. The molecule has 4 heteroatoms. The Balaban J connectivity index is 2.20. The molecule has 0 aromatic heterocycles. The summed E-state index contributed by atoms with van der Waals surface area (Å²) in [6.07, 6.45) is 0.894. The lowest BCUT2D eigenvalue weighted by atomic mass is 10.1. The van der Waals surface area contributed by atoms with Crippen LogP contribution < -0.4 is 5.32 Å². The lowest BCUT2D eigenvalue weighted by Crippen LogP contribution is -2.47. The first kappa shape index (κ1) is 14.3. The minimum Gasteiger partial charge on any atom is -0.390 e. The van der Waals surface area contributed by atoms with Gasteiger partial charge in [0.1, 0.15) is 0 Å². The van der Waals surface area contributed by atoms with E-state index in [9.17, 15) is 5.11 Å². The second kappa shape index (κ2) is 6.84. The van der Waals surface area contributed by atoms with Crippen LogP contribution in [0.5, 0.6) is 0 Å². The van der Waals surface area contributed by atoms with E-state index in [0.717, 1.165) is 39.1 Å². The summed E-state index contributed by atoms with van der Waals surface area (Å²) in [5.41, 5.74) is 0. The number of aliphatic hydroxyl groups excluding tert-OH is 1. The van der Waals surface area contributed by atoms with E-state index >= 15 is 0 Å². The summed E-state index contributed by atoms with van der Waals surface area (Å²) in [5.74, 6) is 1.18. The van der Waals surface area contributed by atoms with Crippen LogP contribution in [-0.2, 0) is 0 Å². The third kappa shape index (κ3) is 5.53. The molecular weight excluding hydrogens is 220 g/mol. The summed E-state index contributed by atoms with van der Waals surface area (Å²) >= 11 is 2.03. The van der Waals surface area contributed by atoms with Crippen molar-refractivity contribution in [1.82, 2.24) is 10.2 Å². The summed E-state index contributed by atoms with van der Waals surface area (Å²) in [6.45, 7) is 11.4. The predicted molar refractivity (Wildman–Crippen MR) is 72.1 cm³/mol. The molecule has 0 aromatic carbocycles. The maximum Gasteiger partial charge on any atom is 0.0791 e. The van der Waals surface area contributed by atoms with Gasteiger partial charge < -0.3 is 10.4 Å². The smallest absolute Gasteiger partial charge is 0.0791 e. The number of nitrogens with one attached hydrogen (secondary N) is 1. The summed E-state index contributed by atoms with van der Waals surface area (Å²) in [4.78, 5) is 2.38. The molecule has 0 saturated carbocycles. The molecule has 3 nitrogen and oxygen atoms in total. The minimum atomic E-state index is -0.231. The molecule has 0 aromatic rings. The molecule has 1 saturated heterocycles. The van der Waals surface area contributed by atoms with Gasteiger partial charge in [-0.1, -0.05) is 6.92 Å². The van der Waals surface area contributed by atoms with Crippen LogP contribution >= 0.6 is 11.8 Å². The second-order valence-electron chi connectivity index (χ2n) is 5.20. The van der Waals surface area contributed by atoms with Gasteiger partial charge in [0.25, 0.3) is 0 Å². The second-order valence-corrected chi connectivity index (χ2v) is 7.00. The fourth-order valence-electron chi connectivity index (χ4n) is 2.08. The molecule has 1 unspecified atom stereocenters. The average molecular weight is 246 g/mol. The van der Waals surface area contributed by atoms with Gasteiger partial charge in [-0.25, -0.2) is 0 Å². The molecule has 1 atom stereocenters. The molecule has 1 rings (SSSR count). The summed E-state index contributed by atoms with van der Waals surface area (Å²) in [6, 6.07) is 0. The number of nitrogens with zero attached hydrogens (tertiary/aromatic N) is 1. The zero-order valence-corrected chi connectivity index (χ0v) is 11.6. The normalized spacial score (nSPS) is 23.2. The standard InChI is InChI=1S/C12H26N2OS/c1-4-5-13-8-11(15)9-14-6-7-16-12(2,3)10-14/h11,13,15H,4-10H2,1-3H3. The van der Waals surface area contributed by atoms with Crippen LogP contribution in [0.4, 0.5) is 0 Å². The van der Waals surface area contributed by atoms with Crippen LogP contribution in [0, 0.1) is 0 Å². The first-order valence-electron chi connectivity index (χ1n) is 6.28. The van der Waals surface area contributed by atoms with E-state index in [-0.39, 0.29) is 6.10 Å². The zero-order chi connectivity index (χ0) is 12.0. The molecule has 0 spiro atoms. The molecule has 0 aliphatic carbocycles. The van der Waals surface area contributed by atoms with Gasteiger partial charge in [-0.15, -0.1) is 0 Å². The number of β-amino-alcohol motifs (C(OH)–C–C–N with tert-alkyl or cyclic N) is 1. The molecule has 96 valence electrons. The quantitative estimate of drug-likeness (QED) is 0.690. The topological polar surface area (TPSA) is 35.5 Å². The Morgan fingerprint density at radius 2 is 2.25 bits per heavy atom. The molecule has 2 N–H and O–H groups in total. The molecular formula is C12H26N2OS. The van der Waals surface area contributed by atoms with E-state index in [1.165, 1.54) is 5.75 Å². The number of rotatable bonds is 6. The third-order valence-corrected chi connectivity index (χ3v) is 4.08. The van der Waals surface area contributed by atoms with Gasteiger partial charge in [0, 0.05) is 36.7 Å². The maximum atomic E-state index is 9.89. The van der Waals surface area contributed by atoms with Crippen molar-refractivity contribution in [3.8, 4) is 0 Å². The monoisotopic (exact) mass is 246 g/mol. The molecule has 1 fully saturated rings. The highest BCUT2D eigenvalue weighted by Gasteiger charge is 2.27. The molecule has 0 amide bonds. The lowest BCUT2D eigenvalue weighted by molar-refractivity contribution is 0.109. The van der Waals surface area contributed by atoms with Crippen molar-refractivity contribution in [2.75, 3.05) is 38.5 Å². The van der Waals surface area contributed by atoms with Crippen LogP contribution in [0.2, 0.25) is 0 Å². The molecule has 0 radical (unpaired) electrons. The Hall–Kier alpha value is 0.230. The van der Waals surface area contributed by atoms with E-state index < -0.39 is 0 Å². The minimum absolute atomic E-state index is 0.231. The van der Waals surface area contributed by atoms with Gasteiger partial charge in [-0.3, -0.25) is 4.90 Å². The largest absolute Gasteiger partial charge is 0.390 e. The van der Waals surface area contributed by atoms with E-state index in [1.54, 1.807) is 0 Å². The van der Waals surface area contributed by atoms with Crippen molar-refractivity contribution >= 4 is 11.8 Å². The van der Waals surface area contributed by atoms with Crippen LogP contribution in [0.15, 0.2) is 0 Å². The van der Waals surface area contributed by atoms with Crippen molar-refractivity contribution in [1.29, 1.82) is 0 Å². The summed E-state index contributed by atoms with van der Waals surface area (Å²) < 4.78 is 0.342. The Bertz CT molecular complexity index is 199.